The average molecular weight is 536 g/mol. The zero-order chi connectivity index (χ0) is 23.7. The maximum atomic E-state index is 13.6. The summed E-state index contributed by atoms with van der Waals surface area (Å²) in [7, 11) is -4.02. The molecule has 34 heavy (non-hydrogen) atoms. The van der Waals surface area contributed by atoms with Crippen LogP contribution in [0.1, 0.15) is 5.56 Å². The van der Waals surface area contributed by atoms with Crippen molar-refractivity contribution < 1.29 is 13.2 Å². The topological polar surface area (TPSA) is 108 Å². The van der Waals surface area contributed by atoms with Crippen LogP contribution in [-0.4, -0.2) is 37.3 Å². The lowest BCUT2D eigenvalue weighted by Crippen LogP contribution is -2.41. The van der Waals surface area contributed by atoms with Crippen LogP contribution < -0.4 is 9.73 Å². The molecule has 8 nitrogen and oxygen atoms in total. The molecule has 170 valence electrons. The second-order valence-corrected chi connectivity index (χ2v) is 10.3. The summed E-state index contributed by atoms with van der Waals surface area (Å²) in [4.78, 5) is 12.9. The fourth-order valence-electron chi connectivity index (χ4n) is 3.80. The Morgan fingerprint density at radius 3 is 2.62 bits per heavy atom. The van der Waals surface area contributed by atoms with Crippen LogP contribution >= 0.6 is 15.9 Å². The Balaban J connectivity index is 1.51. The molecule has 1 aromatic heterocycles. The fraction of sp³-hybridized carbons (Fsp3) is 0.0417. The molecule has 0 spiro atoms. The standard InChI is InChI=1S/C24H18BrN5O3S/c25-18-10-6-7-16(13-18)14-26-27-21(31)15-30-24-22(17-8-2-1-3-9-17)28-29-23(24)19-11-4-5-12-20(19)34(30,32)33/h1-14H,15H2,(H,27,31)(H,28,29)/b26-14+. The van der Waals surface area contributed by atoms with Crippen molar-refractivity contribution in [3.63, 3.8) is 0 Å². The SMILES string of the molecule is O=C(CN1c2c(-c3ccccc3)n[nH]c2-c2ccccc2S1(=O)=O)N/N=C/c1cccc(Br)c1. The number of hydrazone groups is 1. The van der Waals surface area contributed by atoms with E-state index in [1.807, 2.05) is 54.6 Å². The molecule has 3 aromatic carbocycles. The molecule has 0 saturated heterocycles. The van der Waals surface area contributed by atoms with Crippen LogP contribution in [0.5, 0.6) is 0 Å². The number of amides is 1. The Kier molecular flexibility index (Phi) is 5.76. The van der Waals surface area contributed by atoms with Crippen LogP contribution in [0.15, 0.2) is 93.3 Å². The lowest BCUT2D eigenvalue weighted by Gasteiger charge is -2.29. The van der Waals surface area contributed by atoms with E-state index in [1.54, 1.807) is 18.2 Å². The smallest absolute Gasteiger partial charge is 0.265 e. The Labute approximate surface area is 204 Å². The number of nitrogens with one attached hydrogen (secondary N) is 2. The summed E-state index contributed by atoms with van der Waals surface area (Å²) >= 11 is 3.38. The highest BCUT2D eigenvalue weighted by Gasteiger charge is 2.39. The van der Waals surface area contributed by atoms with Crippen LogP contribution in [0.2, 0.25) is 0 Å². The largest absolute Gasteiger partial charge is 0.275 e. The highest BCUT2D eigenvalue weighted by Crippen LogP contribution is 2.46. The molecule has 2 heterocycles. The normalized spacial score (nSPS) is 14.0. The van der Waals surface area contributed by atoms with Gasteiger partial charge in [-0.1, -0.05) is 76.6 Å². The third kappa shape index (κ3) is 4.02. The second-order valence-electron chi connectivity index (χ2n) is 7.52. The monoisotopic (exact) mass is 535 g/mol. The summed E-state index contributed by atoms with van der Waals surface area (Å²) in [6, 6.07) is 23.3. The van der Waals surface area contributed by atoms with E-state index >= 15 is 0 Å². The van der Waals surface area contributed by atoms with Crippen molar-refractivity contribution in [3.05, 3.63) is 88.9 Å². The molecule has 0 radical (unpaired) electrons. The average Bonchev–Trinajstić information content (AvgIpc) is 3.27. The van der Waals surface area contributed by atoms with Gasteiger partial charge in [-0.15, -0.1) is 0 Å². The van der Waals surface area contributed by atoms with E-state index in [0.29, 0.717) is 22.6 Å². The van der Waals surface area contributed by atoms with Crippen molar-refractivity contribution >= 4 is 43.8 Å². The third-order valence-electron chi connectivity index (χ3n) is 5.30. The van der Waals surface area contributed by atoms with Gasteiger partial charge in [0.2, 0.25) is 0 Å². The highest BCUT2D eigenvalue weighted by molar-refractivity contribution is 9.10. The minimum absolute atomic E-state index is 0.108. The number of benzene rings is 3. The van der Waals surface area contributed by atoms with Gasteiger partial charge in [0.25, 0.3) is 15.9 Å². The van der Waals surface area contributed by atoms with Crippen LogP contribution in [0, 0.1) is 0 Å². The number of aromatic nitrogens is 2. The number of anilines is 1. The molecule has 0 unspecified atom stereocenters. The number of halogens is 1. The van der Waals surface area contributed by atoms with E-state index in [4.69, 9.17) is 0 Å². The molecule has 1 aliphatic heterocycles. The molecule has 1 aliphatic rings. The van der Waals surface area contributed by atoms with Gasteiger partial charge in [-0.25, -0.2) is 13.8 Å². The predicted octanol–water partition coefficient (Wildman–Crippen LogP) is 4.17. The van der Waals surface area contributed by atoms with Crippen molar-refractivity contribution in [1.82, 2.24) is 15.6 Å². The number of aromatic amines is 1. The van der Waals surface area contributed by atoms with Crippen molar-refractivity contribution in [2.45, 2.75) is 4.90 Å². The van der Waals surface area contributed by atoms with Crippen molar-refractivity contribution in [2.24, 2.45) is 5.10 Å². The molecule has 10 heteroatoms. The van der Waals surface area contributed by atoms with Gasteiger partial charge in [0.05, 0.1) is 16.8 Å². The number of carbonyl (C=O) groups is 1. The molecule has 0 bridgehead atoms. The van der Waals surface area contributed by atoms with E-state index in [0.717, 1.165) is 19.9 Å². The Morgan fingerprint density at radius 1 is 1.06 bits per heavy atom. The number of hydrogen-bond acceptors (Lipinski definition) is 5. The second kappa shape index (κ2) is 8.88. The lowest BCUT2D eigenvalue weighted by atomic mass is 10.1. The minimum atomic E-state index is -4.02. The maximum Gasteiger partial charge on any atom is 0.265 e. The molecular formula is C24H18BrN5O3S. The third-order valence-corrected chi connectivity index (χ3v) is 7.60. The summed E-state index contributed by atoms with van der Waals surface area (Å²) in [5, 5.41) is 11.3. The van der Waals surface area contributed by atoms with E-state index in [9.17, 15) is 13.2 Å². The van der Waals surface area contributed by atoms with E-state index in [1.165, 1.54) is 12.3 Å². The predicted molar refractivity (Wildman–Crippen MR) is 134 cm³/mol. The first-order valence-electron chi connectivity index (χ1n) is 10.3. The molecule has 5 rings (SSSR count). The highest BCUT2D eigenvalue weighted by atomic mass is 79.9. The van der Waals surface area contributed by atoms with Crippen molar-refractivity contribution in [1.29, 1.82) is 0 Å². The van der Waals surface area contributed by atoms with Gasteiger partial charge in [0.15, 0.2) is 0 Å². The summed E-state index contributed by atoms with van der Waals surface area (Å²) in [5.41, 5.74) is 5.75. The van der Waals surface area contributed by atoms with Gasteiger partial charge < -0.3 is 0 Å². The Morgan fingerprint density at radius 2 is 1.82 bits per heavy atom. The summed E-state index contributed by atoms with van der Waals surface area (Å²) in [5.74, 6) is -0.583. The van der Waals surface area contributed by atoms with Crippen LogP contribution in [-0.2, 0) is 14.8 Å². The number of fused-ring (bicyclic) bond motifs is 3. The van der Waals surface area contributed by atoms with E-state index in [-0.39, 0.29) is 4.90 Å². The van der Waals surface area contributed by atoms with Crippen LogP contribution in [0.25, 0.3) is 22.5 Å². The molecule has 0 aliphatic carbocycles. The zero-order valence-corrected chi connectivity index (χ0v) is 20.0. The van der Waals surface area contributed by atoms with Crippen molar-refractivity contribution in [3.8, 4) is 22.5 Å². The Bertz CT molecular complexity index is 1500. The van der Waals surface area contributed by atoms with E-state index < -0.39 is 22.5 Å². The lowest BCUT2D eigenvalue weighted by molar-refractivity contribution is -0.119. The van der Waals surface area contributed by atoms with Gasteiger partial charge >= 0.3 is 0 Å². The summed E-state index contributed by atoms with van der Waals surface area (Å²) in [6.45, 7) is -0.459. The number of nitrogens with zero attached hydrogens (tertiary/aromatic N) is 3. The molecule has 0 atom stereocenters. The van der Waals surface area contributed by atoms with E-state index in [2.05, 4.69) is 36.7 Å². The Hall–Kier alpha value is -3.76. The first-order chi connectivity index (χ1) is 16.4. The minimum Gasteiger partial charge on any atom is -0.275 e. The number of rotatable bonds is 5. The number of carbonyl (C=O) groups excluding carboxylic acids is 1. The molecule has 4 aromatic rings. The quantitative estimate of drug-likeness (QED) is 0.295. The summed E-state index contributed by atoms with van der Waals surface area (Å²) < 4.78 is 29.1. The van der Waals surface area contributed by atoms with Gasteiger partial charge in [0.1, 0.15) is 17.9 Å². The fourth-order valence-corrected chi connectivity index (χ4v) is 5.85. The first kappa shape index (κ1) is 22.1. The summed E-state index contributed by atoms with van der Waals surface area (Å²) in [6.07, 6.45) is 1.49. The van der Waals surface area contributed by atoms with Crippen LogP contribution in [0.4, 0.5) is 5.69 Å². The molecule has 0 saturated carbocycles. The molecule has 1 amide bonds. The van der Waals surface area contributed by atoms with Crippen LogP contribution in [0.3, 0.4) is 0 Å². The van der Waals surface area contributed by atoms with Gasteiger partial charge in [-0.05, 0) is 23.8 Å². The van der Waals surface area contributed by atoms with Gasteiger partial charge in [-0.3, -0.25) is 14.2 Å². The van der Waals surface area contributed by atoms with Crippen molar-refractivity contribution in [2.75, 3.05) is 10.8 Å². The molecule has 2 N–H and O–H groups in total. The molecular weight excluding hydrogens is 518 g/mol. The number of sulfonamides is 1. The van der Waals surface area contributed by atoms with Gasteiger partial charge in [-0.2, -0.15) is 10.2 Å². The number of H-pyrrole nitrogens is 1. The zero-order valence-electron chi connectivity index (χ0n) is 17.6. The first-order valence-corrected chi connectivity index (χ1v) is 12.5. The maximum absolute atomic E-state index is 13.6. The van der Waals surface area contributed by atoms with Gasteiger partial charge in [0, 0.05) is 15.6 Å². The molecule has 0 fully saturated rings. The number of hydrogen-bond donors (Lipinski definition) is 2.